The summed E-state index contributed by atoms with van der Waals surface area (Å²) < 4.78 is 0. The minimum Gasteiger partial charge on any atom is -0.0871 e. The molecule has 0 aliphatic heterocycles. The van der Waals surface area contributed by atoms with E-state index in [1.807, 2.05) is 0 Å². The van der Waals surface area contributed by atoms with E-state index in [-0.39, 0.29) is 0 Å². The minimum atomic E-state index is 0.499. The number of halogens is 2. The highest BCUT2D eigenvalue weighted by Gasteiger charge is 2.27. The van der Waals surface area contributed by atoms with Crippen LogP contribution in [-0.2, 0) is 6.42 Å². The zero-order valence-electron chi connectivity index (χ0n) is 5.93. The van der Waals surface area contributed by atoms with Crippen molar-refractivity contribution in [2.24, 2.45) is 0 Å². The van der Waals surface area contributed by atoms with Gasteiger partial charge in [0.15, 0.2) is 0 Å². The minimum absolute atomic E-state index is 0.499. The smallest absolute Gasteiger partial charge is 0.0526 e. The van der Waals surface area contributed by atoms with Crippen LogP contribution in [0.5, 0.6) is 0 Å². The van der Waals surface area contributed by atoms with Gasteiger partial charge in [-0.05, 0) is 17.5 Å². The van der Waals surface area contributed by atoms with Crippen molar-refractivity contribution in [1.29, 1.82) is 0 Å². The zero-order chi connectivity index (χ0) is 7.84. The van der Waals surface area contributed by atoms with Crippen molar-refractivity contribution < 1.29 is 0 Å². The van der Waals surface area contributed by atoms with Crippen molar-refractivity contribution in [3.8, 4) is 0 Å². The Morgan fingerprint density at radius 1 is 1.18 bits per heavy atom. The summed E-state index contributed by atoms with van der Waals surface area (Å²) in [5.74, 6) is 0. The van der Waals surface area contributed by atoms with Crippen molar-refractivity contribution >= 4 is 31.9 Å². The van der Waals surface area contributed by atoms with Crippen molar-refractivity contribution in [2.45, 2.75) is 16.1 Å². The van der Waals surface area contributed by atoms with Gasteiger partial charge in [-0.15, -0.1) is 0 Å². The molecule has 0 fully saturated rings. The van der Waals surface area contributed by atoms with Crippen LogP contribution < -0.4 is 0 Å². The van der Waals surface area contributed by atoms with Gasteiger partial charge >= 0.3 is 0 Å². The van der Waals surface area contributed by atoms with Crippen molar-refractivity contribution in [2.75, 3.05) is 0 Å². The topological polar surface area (TPSA) is 0 Å². The Morgan fingerprint density at radius 3 is 2.64 bits per heavy atom. The summed E-state index contributed by atoms with van der Waals surface area (Å²) in [5.41, 5.74) is 2.91. The molecule has 0 nitrogen and oxygen atoms in total. The average Bonchev–Trinajstić information content (AvgIpc) is 2.30. The highest BCUT2D eigenvalue weighted by Crippen LogP contribution is 2.41. The molecule has 2 rings (SSSR count). The number of hydrogen-bond donors (Lipinski definition) is 0. The third-order valence-electron chi connectivity index (χ3n) is 2.08. The molecular weight excluding hydrogens is 268 g/mol. The fourth-order valence-corrected chi connectivity index (χ4v) is 2.76. The Morgan fingerprint density at radius 2 is 1.91 bits per heavy atom. The molecular formula is C9H8Br2. The molecule has 11 heavy (non-hydrogen) atoms. The van der Waals surface area contributed by atoms with Gasteiger partial charge in [0.25, 0.3) is 0 Å². The lowest BCUT2D eigenvalue weighted by atomic mass is 10.1. The third-order valence-corrected chi connectivity index (χ3v) is 4.78. The first-order valence-electron chi connectivity index (χ1n) is 3.65. The average molecular weight is 276 g/mol. The molecule has 0 unspecified atom stereocenters. The van der Waals surface area contributed by atoms with E-state index in [0.29, 0.717) is 9.65 Å². The molecule has 0 aromatic heterocycles. The number of hydrogen-bond acceptors (Lipinski definition) is 0. The maximum atomic E-state index is 3.66. The van der Waals surface area contributed by atoms with E-state index < -0.39 is 0 Å². The summed E-state index contributed by atoms with van der Waals surface area (Å²) in [6, 6.07) is 8.59. The van der Waals surface area contributed by atoms with E-state index in [2.05, 4.69) is 56.1 Å². The van der Waals surface area contributed by atoms with Gasteiger partial charge in [0.05, 0.1) is 4.83 Å². The van der Waals surface area contributed by atoms with Gasteiger partial charge in [-0.25, -0.2) is 0 Å². The number of alkyl halides is 2. The molecule has 1 aromatic carbocycles. The summed E-state index contributed by atoms with van der Waals surface area (Å²) >= 11 is 7.29. The first kappa shape index (κ1) is 7.81. The van der Waals surface area contributed by atoms with Gasteiger partial charge in [0.2, 0.25) is 0 Å². The van der Waals surface area contributed by atoms with Gasteiger partial charge in [-0.2, -0.15) is 0 Å². The standard InChI is InChI=1S/C9H8Br2/c10-8-5-6-3-1-2-4-7(6)9(8)11/h1-4,8-9H,5H2/t8-,9+/m1/s1. The summed E-state index contributed by atoms with van der Waals surface area (Å²) in [7, 11) is 0. The maximum absolute atomic E-state index is 3.66. The van der Waals surface area contributed by atoms with E-state index in [0.717, 1.165) is 6.42 Å². The molecule has 0 saturated carbocycles. The molecule has 1 aliphatic carbocycles. The van der Waals surface area contributed by atoms with Crippen LogP contribution >= 0.6 is 31.9 Å². The molecule has 0 N–H and O–H groups in total. The van der Waals surface area contributed by atoms with Crippen LogP contribution in [0, 0.1) is 0 Å². The van der Waals surface area contributed by atoms with Crippen LogP contribution in [0.3, 0.4) is 0 Å². The van der Waals surface area contributed by atoms with E-state index in [4.69, 9.17) is 0 Å². The third kappa shape index (κ3) is 1.27. The molecule has 2 heteroatoms. The second-order valence-electron chi connectivity index (χ2n) is 2.82. The first-order valence-corrected chi connectivity index (χ1v) is 5.48. The first-order chi connectivity index (χ1) is 5.29. The Labute approximate surface area is 83.3 Å². The Bertz CT molecular complexity index is 270. The monoisotopic (exact) mass is 274 g/mol. The Balaban J connectivity index is 2.47. The molecule has 0 saturated heterocycles. The lowest BCUT2D eigenvalue weighted by molar-refractivity contribution is 0.945. The summed E-state index contributed by atoms with van der Waals surface area (Å²) in [6.07, 6.45) is 1.14. The molecule has 58 valence electrons. The normalized spacial score (nSPS) is 28.5. The largest absolute Gasteiger partial charge is 0.0871 e. The highest BCUT2D eigenvalue weighted by molar-refractivity contribution is 9.12. The van der Waals surface area contributed by atoms with Crippen LogP contribution in [0.1, 0.15) is 16.0 Å². The number of fused-ring (bicyclic) bond motifs is 1. The molecule has 1 aromatic rings. The molecule has 0 bridgehead atoms. The van der Waals surface area contributed by atoms with Gasteiger partial charge in [-0.3, -0.25) is 0 Å². The predicted molar refractivity (Wildman–Crippen MR) is 54.5 cm³/mol. The summed E-state index contributed by atoms with van der Waals surface area (Å²) in [5, 5.41) is 0. The molecule has 0 spiro atoms. The fourth-order valence-electron chi connectivity index (χ4n) is 1.50. The van der Waals surface area contributed by atoms with Crippen molar-refractivity contribution in [3.63, 3.8) is 0 Å². The van der Waals surface area contributed by atoms with Crippen LogP contribution in [0.2, 0.25) is 0 Å². The maximum Gasteiger partial charge on any atom is 0.0526 e. The predicted octanol–water partition coefficient (Wildman–Crippen LogP) is 3.44. The quantitative estimate of drug-likeness (QED) is 0.637. The van der Waals surface area contributed by atoms with Crippen LogP contribution in [0.15, 0.2) is 24.3 Å². The SMILES string of the molecule is Br[C@@H]1Cc2ccccc2[C@@H]1Br. The van der Waals surface area contributed by atoms with Crippen LogP contribution in [0.25, 0.3) is 0 Å². The van der Waals surface area contributed by atoms with Gasteiger partial charge in [0, 0.05) is 4.83 Å². The Kier molecular flexibility index (Phi) is 2.06. The summed E-state index contributed by atoms with van der Waals surface area (Å²) in [6.45, 7) is 0. The van der Waals surface area contributed by atoms with Gasteiger partial charge in [-0.1, -0.05) is 56.1 Å². The van der Waals surface area contributed by atoms with Crippen LogP contribution in [0.4, 0.5) is 0 Å². The van der Waals surface area contributed by atoms with E-state index in [1.165, 1.54) is 11.1 Å². The summed E-state index contributed by atoms with van der Waals surface area (Å²) in [4.78, 5) is 1.07. The van der Waals surface area contributed by atoms with Gasteiger partial charge < -0.3 is 0 Å². The number of benzene rings is 1. The molecule has 2 atom stereocenters. The number of rotatable bonds is 0. The van der Waals surface area contributed by atoms with E-state index in [1.54, 1.807) is 0 Å². The lowest BCUT2D eigenvalue weighted by Gasteiger charge is -2.04. The molecule has 0 radical (unpaired) electrons. The molecule has 0 heterocycles. The fraction of sp³-hybridized carbons (Fsp3) is 0.333. The molecule has 0 amide bonds. The van der Waals surface area contributed by atoms with Crippen molar-refractivity contribution in [1.82, 2.24) is 0 Å². The highest BCUT2D eigenvalue weighted by atomic mass is 79.9. The molecule has 1 aliphatic rings. The van der Waals surface area contributed by atoms with Crippen molar-refractivity contribution in [3.05, 3.63) is 35.4 Å². The van der Waals surface area contributed by atoms with Gasteiger partial charge in [0.1, 0.15) is 0 Å². The van der Waals surface area contributed by atoms with Crippen LogP contribution in [-0.4, -0.2) is 4.83 Å². The Hall–Kier alpha value is 0.180. The van der Waals surface area contributed by atoms with E-state index in [9.17, 15) is 0 Å². The lowest BCUT2D eigenvalue weighted by Crippen LogP contribution is -1.97. The second-order valence-corrected chi connectivity index (χ2v) is 4.98. The van der Waals surface area contributed by atoms with E-state index >= 15 is 0 Å². The second kappa shape index (κ2) is 2.91. The zero-order valence-corrected chi connectivity index (χ0v) is 9.10.